The summed E-state index contributed by atoms with van der Waals surface area (Å²) in [5, 5.41) is 17.9. The fourth-order valence-electron chi connectivity index (χ4n) is 4.37. The Balaban J connectivity index is 1.78. The molecule has 2 atom stereocenters. The quantitative estimate of drug-likeness (QED) is 0.224. The van der Waals surface area contributed by atoms with Crippen LogP contribution in [0.15, 0.2) is 120 Å². The molecule has 0 aliphatic carbocycles. The van der Waals surface area contributed by atoms with Crippen molar-refractivity contribution < 1.29 is 19.0 Å². The highest BCUT2D eigenvalue weighted by molar-refractivity contribution is 6.30. The molecule has 0 fully saturated rings. The molecule has 0 N–H and O–H groups in total. The van der Waals surface area contributed by atoms with Crippen LogP contribution in [0.25, 0.3) is 11.3 Å². The van der Waals surface area contributed by atoms with E-state index >= 15 is 0 Å². The first-order valence-electron chi connectivity index (χ1n) is 11.2. The number of hydrogen-bond donors (Lipinski definition) is 0. The summed E-state index contributed by atoms with van der Waals surface area (Å²) in [6, 6.07) is 30.4. The molecule has 0 saturated carbocycles. The van der Waals surface area contributed by atoms with Gasteiger partial charge in [0.2, 0.25) is 11.8 Å². The molecule has 5 rings (SSSR count). The molecular formula is C29H21ClN2O3. The molecule has 0 aliphatic rings. The minimum absolute atomic E-state index is 0.138. The molecule has 0 radical (unpaired) electrons. The zero-order valence-electron chi connectivity index (χ0n) is 18.6. The number of pyridine rings is 1. The molecule has 2 unspecified atom stereocenters. The van der Waals surface area contributed by atoms with Crippen molar-refractivity contribution in [1.29, 1.82) is 0 Å². The van der Waals surface area contributed by atoms with Crippen LogP contribution < -0.4 is 9.67 Å². The van der Waals surface area contributed by atoms with Crippen LogP contribution in [0.4, 0.5) is 0 Å². The standard InChI is InChI=1S/C29H21ClN2O3/c30-23-16-14-20(15-17-23)24(25-26(31-35-29(25)34)21-10-4-1-5-11-21)27(32-18-8-3-9-19-32)28(33)22-12-6-2-7-13-22/h1-19,24,27H. The first-order chi connectivity index (χ1) is 17.1. The largest absolute Gasteiger partial charge is 0.544 e. The third-order valence-electron chi connectivity index (χ3n) is 5.98. The van der Waals surface area contributed by atoms with Crippen LogP contribution in [-0.4, -0.2) is 10.9 Å². The van der Waals surface area contributed by atoms with Gasteiger partial charge in [-0.3, -0.25) is 4.79 Å². The van der Waals surface area contributed by atoms with Gasteiger partial charge in [0.15, 0.2) is 12.4 Å². The molecule has 6 heteroatoms. The monoisotopic (exact) mass is 480 g/mol. The Kier molecular flexibility index (Phi) is 6.42. The van der Waals surface area contributed by atoms with E-state index in [1.807, 2.05) is 95.8 Å². The number of nitrogens with zero attached hydrogens (tertiary/aromatic N) is 2. The van der Waals surface area contributed by atoms with Crippen LogP contribution >= 0.6 is 11.6 Å². The summed E-state index contributed by atoms with van der Waals surface area (Å²) in [5.74, 6) is -1.41. The van der Waals surface area contributed by atoms with Crippen LogP contribution in [-0.2, 0) is 0 Å². The van der Waals surface area contributed by atoms with Crippen LogP contribution in [0.1, 0.15) is 33.4 Å². The first kappa shape index (κ1) is 22.6. The van der Waals surface area contributed by atoms with E-state index in [1.165, 1.54) is 0 Å². The van der Waals surface area contributed by atoms with E-state index < -0.39 is 17.9 Å². The smallest absolute Gasteiger partial charge is 0.231 e. The number of hydrogen-bond acceptors (Lipinski definition) is 4. The summed E-state index contributed by atoms with van der Waals surface area (Å²) in [7, 11) is 0. The highest BCUT2D eigenvalue weighted by atomic mass is 35.5. The van der Waals surface area contributed by atoms with Gasteiger partial charge in [-0.15, -0.1) is 0 Å². The lowest BCUT2D eigenvalue weighted by Crippen LogP contribution is -2.47. The highest BCUT2D eigenvalue weighted by Crippen LogP contribution is 2.43. The van der Waals surface area contributed by atoms with Crippen LogP contribution in [0.5, 0.6) is 5.95 Å². The van der Waals surface area contributed by atoms with Gasteiger partial charge in [-0.1, -0.05) is 90.5 Å². The number of rotatable bonds is 7. The van der Waals surface area contributed by atoms with E-state index in [2.05, 4.69) is 5.16 Å². The molecule has 5 nitrogen and oxygen atoms in total. The van der Waals surface area contributed by atoms with Gasteiger partial charge in [0.25, 0.3) is 0 Å². The van der Waals surface area contributed by atoms with E-state index in [0.29, 0.717) is 21.8 Å². The van der Waals surface area contributed by atoms with E-state index in [4.69, 9.17) is 16.1 Å². The summed E-state index contributed by atoms with van der Waals surface area (Å²) < 4.78 is 7.02. The van der Waals surface area contributed by atoms with Crippen molar-refractivity contribution in [3.8, 4) is 17.2 Å². The van der Waals surface area contributed by atoms with E-state index in [0.717, 1.165) is 11.1 Å². The molecule has 5 aromatic rings. The van der Waals surface area contributed by atoms with Gasteiger partial charge in [-0.2, -0.15) is 9.72 Å². The lowest BCUT2D eigenvalue weighted by molar-refractivity contribution is -0.710. The maximum absolute atomic E-state index is 14.1. The zero-order valence-corrected chi connectivity index (χ0v) is 19.4. The summed E-state index contributed by atoms with van der Waals surface area (Å²) in [6.45, 7) is 0. The molecule has 35 heavy (non-hydrogen) atoms. The molecule has 172 valence electrons. The summed E-state index contributed by atoms with van der Waals surface area (Å²) >= 11 is 6.19. The number of halogens is 1. The Morgan fingerprint density at radius 2 is 1.43 bits per heavy atom. The Bertz CT molecular complexity index is 1420. The second-order valence-corrected chi connectivity index (χ2v) is 8.56. The van der Waals surface area contributed by atoms with E-state index in [-0.39, 0.29) is 5.78 Å². The van der Waals surface area contributed by atoms with Gasteiger partial charge in [0.05, 0.1) is 17.6 Å². The molecule has 2 heterocycles. The predicted octanol–water partition coefficient (Wildman–Crippen LogP) is 5.61. The average molecular weight is 481 g/mol. The minimum Gasteiger partial charge on any atom is -0.544 e. The topological polar surface area (TPSA) is 70.0 Å². The van der Waals surface area contributed by atoms with Crippen molar-refractivity contribution >= 4 is 17.4 Å². The number of benzene rings is 3. The maximum Gasteiger partial charge on any atom is 0.231 e. The molecular weight excluding hydrogens is 460 g/mol. The average Bonchev–Trinajstić information content (AvgIpc) is 3.30. The molecule has 2 aromatic heterocycles. The number of ketones is 1. The maximum atomic E-state index is 14.1. The van der Waals surface area contributed by atoms with Crippen molar-refractivity contribution in [3.63, 3.8) is 0 Å². The van der Waals surface area contributed by atoms with Crippen molar-refractivity contribution in [2.75, 3.05) is 0 Å². The van der Waals surface area contributed by atoms with Crippen molar-refractivity contribution in [3.05, 3.63) is 137 Å². The Hall–Kier alpha value is -4.22. The molecule has 0 bridgehead atoms. The number of carbonyl (C=O) groups is 1. The highest BCUT2D eigenvalue weighted by Gasteiger charge is 2.41. The van der Waals surface area contributed by atoms with Gasteiger partial charge in [-0.25, -0.2) is 0 Å². The normalized spacial score (nSPS) is 12.7. The van der Waals surface area contributed by atoms with E-state index in [1.54, 1.807) is 24.3 Å². The second kappa shape index (κ2) is 9.95. The van der Waals surface area contributed by atoms with Crippen LogP contribution in [0.2, 0.25) is 5.02 Å². The van der Waals surface area contributed by atoms with Gasteiger partial charge >= 0.3 is 0 Å². The molecule has 0 saturated heterocycles. The van der Waals surface area contributed by atoms with Crippen molar-refractivity contribution in [2.45, 2.75) is 12.0 Å². The lowest BCUT2D eigenvalue weighted by Gasteiger charge is -2.24. The number of carbonyl (C=O) groups excluding carboxylic acids is 1. The fraction of sp³-hybridized carbons (Fsp3) is 0.0690. The number of Topliss-reactive ketones (excluding diaryl/α,β-unsaturated/α-hetero) is 1. The molecule has 0 spiro atoms. The van der Waals surface area contributed by atoms with Gasteiger partial charge in [-0.05, 0) is 17.7 Å². The van der Waals surface area contributed by atoms with Crippen molar-refractivity contribution in [2.24, 2.45) is 0 Å². The molecule has 3 aromatic carbocycles. The van der Waals surface area contributed by atoms with Gasteiger partial charge in [0, 0.05) is 33.8 Å². The zero-order chi connectivity index (χ0) is 24.2. The minimum atomic E-state index is -0.783. The van der Waals surface area contributed by atoms with E-state index in [9.17, 15) is 9.90 Å². The van der Waals surface area contributed by atoms with Crippen LogP contribution in [0, 0.1) is 0 Å². The Morgan fingerprint density at radius 3 is 2.09 bits per heavy atom. The van der Waals surface area contributed by atoms with Crippen LogP contribution in [0.3, 0.4) is 0 Å². The van der Waals surface area contributed by atoms with Gasteiger partial charge < -0.3 is 9.63 Å². The molecule has 0 amide bonds. The Labute approximate surface area is 207 Å². The molecule has 0 aliphatic heterocycles. The summed E-state index contributed by atoms with van der Waals surface area (Å²) in [6.07, 6.45) is 3.66. The van der Waals surface area contributed by atoms with Gasteiger partial charge in [0.1, 0.15) is 0 Å². The third-order valence-corrected chi connectivity index (χ3v) is 6.24. The third kappa shape index (κ3) is 4.59. The lowest BCUT2D eigenvalue weighted by atomic mass is 9.80. The first-order valence-corrected chi connectivity index (χ1v) is 11.5. The fourth-order valence-corrected chi connectivity index (χ4v) is 4.49. The number of aromatic nitrogens is 2. The Morgan fingerprint density at radius 1 is 0.829 bits per heavy atom. The van der Waals surface area contributed by atoms with Crippen molar-refractivity contribution in [1.82, 2.24) is 5.16 Å². The summed E-state index contributed by atoms with van der Waals surface area (Å²) in [5.41, 5.74) is 2.76. The SMILES string of the molecule is O=C(c1ccccc1)C(C(c1ccc(Cl)cc1)c1c(-c2ccccc2)noc1[O-])[n+]1ccccc1. The summed E-state index contributed by atoms with van der Waals surface area (Å²) in [4.78, 5) is 14.1. The second-order valence-electron chi connectivity index (χ2n) is 8.13. The predicted molar refractivity (Wildman–Crippen MR) is 131 cm³/mol.